The molecule has 0 aromatic heterocycles. The Morgan fingerprint density at radius 3 is 2.33 bits per heavy atom. The van der Waals surface area contributed by atoms with Crippen LogP contribution in [0.4, 0.5) is 11.4 Å². The Morgan fingerprint density at radius 1 is 1.00 bits per heavy atom. The lowest BCUT2D eigenvalue weighted by atomic mass is 10.1. The lowest BCUT2D eigenvalue weighted by Gasteiger charge is -2.21. The third kappa shape index (κ3) is 7.77. The molecule has 0 radical (unpaired) electrons. The zero-order chi connectivity index (χ0) is 25.9. The number of hydrogen-bond acceptors (Lipinski definition) is 5. The molecule has 0 heterocycles. The average Bonchev–Trinajstić information content (AvgIpc) is 2.86. The molecule has 186 valence electrons. The van der Waals surface area contributed by atoms with Gasteiger partial charge >= 0.3 is 5.97 Å². The van der Waals surface area contributed by atoms with E-state index < -0.39 is 5.97 Å². The van der Waals surface area contributed by atoms with Crippen LogP contribution in [-0.4, -0.2) is 41.6 Å². The highest BCUT2D eigenvalue weighted by atomic mass is 16.5. The lowest BCUT2D eigenvalue weighted by molar-refractivity contribution is -0.130. The number of nitrogens with zero attached hydrogens (tertiary/aromatic N) is 1. The molecule has 7 nitrogen and oxygen atoms in total. The molecule has 0 saturated heterocycles. The molecule has 0 aliphatic heterocycles. The molecule has 0 atom stereocenters. The van der Waals surface area contributed by atoms with Crippen LogP contribution in [0, 0.1) is 6.92 Å². The third-order valence-electron chi connectivity index (χ3n) is 5.47. The molecule has 0 aliphatic rings. The van der Waals surface area contributed by atoms with E-state index in [1.807, 2.05) is 55.5 Å². The summed E-state index contributed by atoms with van der Waals surface area (Å²) in [4.78, 5) is 25.5. The highest BCUT2D eigenvalue weighted by Gasteiger charge is 2.13. The normalized spacial score (nSPS) is 10.2. The number of para-hydroxylation sites is 1. The molecule has 0 bridgehead atoms. The van der Waals surface area contributed by atoms with Crippen molar-refractivity contribution in [2.45, 2.75) is 13.3 Å². The van der Waals surface area contributed by atoms with Crippen molar-refractivity contribution in [2.75, 3.05) is 30.3 Å². The smallest absolute Gasteiger partial charge is 0.335 e. The third-order valence-corrected chi connectivity index (χ3v) is 5.47. The molecule has 0 fully saturated rings. The lowest BCUT2D eigenvalue weighted by Crippen LogP contribution is -2.35. The Hall–Kier alpha value is -4.52. The van der Waals surface area contributed by atoms with E-state index in [0.717, 1.165) is 22.5 Å². The molecule has 3 aromatic rings. The first kappa shape index (κ1) is 26.1. The fourth-order valence-electron chi connectivity index (χ4n) is 3.51. The summed E-state index contributed by atoms with van der Waals surface area (Å²) in [5.41, 5.74) is 4.06. The zero-order valence-electron chi connectivity index (χ0n) is 20.4. The van der Waals surface area contributed by atoms with Crippen LogP contribution in [0.2, 0.25) is 0 Å². The van der Waals surface area contributed by atoms with Gasteiger partial charge in [0.05, 0.1) is 18.5 Å². The molecular formula is C29H31N3O4. The number of carboxylic acid groups (broad SMARTS) is 1. The van der Waals surface area contributed by atoms with Gasteiger partial charge in [-0.15, -0.1) is 6.58 Å². The average molecular weight is 486 g/mol. The first-order valence-electron chi connectivity index (χ1n) is 11.6. The van der Waals surface area contributed by atoms with Crippen LogP contribution in [0.15, 0.2) is 97.9 Å². The van der Waals surface area contributed by atoms with Gasteiger partial charge in [0.15, 0.2) is 0 Å². The number of hydrogen-bond donors (Lipinski definition) is 3. The molecule has 36 heavy (non-hydrogen) atoms. The number of nitrogens with one attached hydrogen (secondary N) is 2. The summed E-state index contributed by atoms with van der Waals surface area (Å²) in [6, 6.07) is 21.8. The van der Waals surface area contributed by atoms with Gasteiger partial charge in [-0.05, 0) is 60.5 Å². The van der Waals surface area contributed by atoms with Crippen LogP contribution < -0.4 is 15.4 Å². The minimum atomic E-state index is -0.989. The maximum Gasteiger partial charge on any atom is 0.335 e. The molecule has 3 rings (SSSR count). The summed E-state index contributed by atoms with van der Waals surface area (Å²) in [7, 11) is 0. The summed E-state index contributed by atoms with van der Waals surface area (Å²) in [6.07, 6.45) is 1.93. The number of carbonyl (C=O) groups excluding carboxylic acids is 1. The van der Waals surface area contributed by atoms with Gasteiger partial charge in [0.1, 0.15) is 18.2 Å². The Morgan fingerprint density at radius 2 is 1.69 bits per heavy atom. The number of carboxylic acids is 1. The molecule has 0 unspecified atom stereocenters. The Bertz CT molecular complexity index is 1200. The van der Waals surface area contributed by atoms with Crippen molar-refractivity contribution in [1.29, 1.82) is 0 Å². The maximum absolute atomic E-state index is 12.9. The summed E-state index contributed by atoms with van der Waals surface area (Å²) in [5, 5.41) is 15.5. The van der Waals surface area contributed by atoms with Gasteiger partial charge in [0, 0.05) is 17.9 Å². The number of aryl methyl sites for hydroxylation is 1. The van der Waals surface area contributed by atoms with E-state index in [1.54, 1.807) is 23.1 Å². The van der Waals surface area contributed by atoms with Gasteiger partial charge in [-0.25, -0.2) is 4.79 Å². The first-order chi connectivity index (χ1) is 17.4. The fraction of sp³-hybridized carbons (Fsp3) is 0.172. The summed E-state index contributed by atoms with van der Waals surface area (Å²) < 4.78 is 5.68. The van der Waals surface area contributed by atoms with Crippen molar-refractivity contribution >= 4 is 23.3 Å². The largest absolute Gasteiger partial charge is 0.492 e. The van der Waals surface area contributed by atoms with E-state index in [-0.39, 0.29) is 24.5 Å². The quantitative estimate of drug-likeness (QED) is 0.284. The molecule has 0 aliphatic carbocycles. The first-order valence-corrected chi connectivity index (χ1v) is 11.6. The highest BCUT2D eigenvalue weighted by molar-refractivity contribution is 5.87. The van der Waals surface area contributed by atoms with Crippen LogP contribution in [-0.2, 0) is 11.2 Å². The predicted molar refractivity (Wildman–Crippen MR) is 143 cm³/mol. The number of amides is 1. The van der Waals surface area contributed by atoms with E-state index in [1.165, 1.54) is 12.1 Å². The predicted octanol–water partition coefficient (Wildman–Crippen LogP) is 5.32. The van der Waals surface area contributed by atoms with Crippen LogP contribution in [0.5, 0.6) is 5.75 Å². The van der Waals surface area contributed by atoms with E-state index >= 15 is 0 Å². The Kier molecular flexibility index (Phi) is 9.28. The maximum atomic E-state index is 12.9. The molecule has 3 N–H and O–H groups in total. The second kappa shape index (κ2) is 12.8. The standard InChI is InChI=1S/C29H31N3O4/c1-4-17-32(18-19-36-26-15-11-24(12-16-26)29(34)35)28(33)20-23-9-13-25(14-10-23)30-22(3)31-27-8-6-5-7-21(27)2/h4-16,30-31H,1,3,17-20H2,2H3,(H,34,35). The number of carbonyl (C=O) groups is 2. The molecular weight excluding hydrogens is 454 g/mol. The number of anilines is 2. The highest BCUT2D eigenvalue weighted by Crippen LogP contribution is 2.18. The number of ether oxygens (including phenoxy) is 1. The molecule has 3 aromatic carbocycles. The van der Waals surface area contributed by atoms with Gasteiger partial charge in [-0.3, -0.25) is 4.79 Å². The topological polar surface area (TPSA) is 90.9 Å². The van der Waals surface area contributed by atoms with Gasteiger partial charge in [0.2, 0.25) is 5.91 Å². The molecule has 7 heteroatoms. The van der Waals surface area contributed by atoms with Crippen molar-refractivity contribution in [3.8, 4) is 5.75 Å². The molecule has 1 amide bonds. The second-order valence-corrected chi connectivity index (χ2v) is 8.22. The van der Waals surface area contributed by atoms with Gasteiger partial charge < -0.3 is 25.4 Å². The van der Waals surface area contributed by atoms with Gasteiger partial charge in [0.25, 0.3) is 0 Å². The van der Waals surface area contributed by atoms with E-state index in [0.29, 0.717) is 24.7 Å². The van der Waals surface area contributed by atoms with Crippen LogP contribution in [0.3, 0.4) is 0 Å². The van der Waals surface area contributed by atoms with Crippen molar-refractivity contribution < 1.29 is 19.4 Å². The second-order valence-electron chi connectivity index (χ2n) is 8.22. The minimum Gasteiger partial charge on any atom is -0.492 e. The SMILES string of the molecule is C=CCN(CCOc1ccc(C(=O)O)cc1)C(=O)Cc1ccc(NC(=C)Nc2ccccc2C)cc1. The fourth-order valence-corrected chi connectivity index (χ4v) is 3.51. The van der Waals surface area contributed by atoms with Gasteiger partial charge in [-0.1, -0.05) is 43.0 Å². The van der Waals surface area contributed by atoms with Crippen LogP contribution >= 0.6 is 0 Å². The van der Waals surface area contributed by atoms with Crippen molar-refractivity contribution in [2.24, 2.45) is 0 Å². The minimum absolute atomic E-state index is 0.0361. The van der Waals surface area contributed by atoms with E-state index in [4.69, 9.17) is 9.84 Å². The van der Waals surface area contributed by atoms with Crippen LogP contribution in [0.25, 0.3) is 0 Å². The van der Waals surface area contributed by atoms with Crippen LogP contribution in [0.1, 0.15) is 21.5 Å². The van der Waals surface area contributed by atoms with Gasteiger partial charge in [-0.2, -0.15) is 0 Å². The number of aromatic carboxylic acids is 1. The Labute approximate surface area is 211 Å². The molecule has 0 spiro atoms. The zero-order valence-corrected chi connectivity index (χ0v) is 20.4. The summed E-state index contributed by atoms with van der Waals surface area (Å²) >= 11 is 0. The number of rotatable bonds is 13. The van der Waals surface area contributed by atoms with E-state index in [2.05, 4.69) is 23.8 Å². The summed E-state index contributed by atoms with van der Waals surface area (Å²) in [5.74, 6) is 0.179. The van der Waals surface area contributed by atoms with E-state index in [9.17, 15) is 9.59 Å². The van der Waals surface area contributed by atoms with Crippen molar-refractivity contribution in [3.63, 3.8) is 0 Å². The number of benzene rings is 3. The van der Waals surface area contributed by atoms with Crippen molar-refractivity contribution in [3.05, 3.63) is 115 Å². The molecule has 0 saturated carbocycles. The Balaban J connectivity index is 1.49. The monoisotopic (exact) mass is 485 g/mol. The summed E-state index contributed by atoms with van der Waals surface area (Å²) in [6.45, 7) is 10.9. The van der Waals surface area contributed by atoms with Crippen molar-refractivity contribution in [1.82, 2.24) is 4.90 Å².